The van der Waals surface area contributed by atoms with E-state index >= 15 is 0 Å². The Kier molecular flexibility index (Phi) is 4.91. The molecule has 0 saturated carbocycles. The van der Waals surface area contributed by atoms with Gasteiger partial charge in [0.05, 0.1) is 31.7 Å². The molecule has 0 aliphatic rings. The van der Waals surface area contributed by atoms with Crippen molar-refractivity contribution in [1.82, 2.24) is 0 Å². The summed E-state index contributed by atoms with van der Waals surface area (Å²) in [5, 5.41) is 0. The summed E-state index contributed by atoms with van der Waals surface area (Å²) in [5.41, 5.74) is 1.06. The van der Waals surface area contributed by atoms with Gasteiger partial charge in [0, 0.05) is 12.1 Å². The van der Waals surface area contributed by atoms with Crippen LogP contribution >= 0.6 is 15.9 Å². The second-order valence-electron chi connectivity index (χ2n) is 5.17. The molecule has 0 spiro atoms. The molecule has 0 bridgehead atoms. The second-order valence-corrected chi connectivity index (χ2v) is 6.09. The Morgan fingerprint density at radius 3 is 1.67 bits per heavy atom. The number of methoxy groups -OCH3 is 3. The Hall–Kier alpha value is -0.900. The van der Waals surface area contributed by atoms with E-state index in [1.807, 2.05) is 12.1 Å². The Balaban J connectivity index is 3.40. The third-order valence-corrected chi connectivity index (χ3v) is 4.60. The number of halogens is 1. The van der Waals surface area contributed by atoms with Gasteiger partial charge in [-0.1, -0.05) is 36.7 Å². The van der Waals surface area contributed by atoms with Crippen LogP contribution in [0.4, 0.5) is 0 Å². The van der Waals surface area contributed by atoms with E-state index in [0.717, 1.165) is 22.8 Å². The first-order chi connectivity index (χ1) is 8.35. The molecule has 1 unspecified atom stereocenters. The molecule has 0 aliphatic heterocycles. The standard InChI is InChI=1S/C14H21BrO3/c1-14(2,3)13(15)12-10(17-5)7-9(16-4)8-11(12)18-6/h7-8,13H,1-6H3. The van der Waals surface area contributed by atoms with Gasteiger partial charge in [-0.15, -0.1) is 0 Å². The molecule has 0 aliphatic carbocycles. The first-order valence-corrected chi connectivity index (χ1v) is 6.70. The molecular formula is C14H21BrO3. The highest BCUT2D eigenvalue weighted by atomic mass is 79.9. The van der Waals surface area contributed by atoms with E-state index in [9.17, 15) is 0 Å². The van der Waals surface area contributed by atoms with Gasteiger partial charge >= 0.3 is 0 Å². The fourth-order valence-electron chi connectivity index (χ4n) is 1.72. The molecule has 0 radical (unpaired) electrons. The maximum atomic E-state index is 5.46. The molecule has 0 amide bonds. The zero-order valence-electron chi connectivity index (χ0n) is 11.8. The van der Waals surface area contributed by atoms with Crippen LogP contribution in [0.15, 0.2) is 12.1 Å². The molecule has 18 heavy (non-hydrogen) atoms. The minimum atomic E-state index is 0.0507. The molecule has 3 nitrogen and oxygen atoms in total. The summed E-state index contributed by atoms with van der Waals surface area (Å²) in [6, 6.07) is 3.75. The van der Waals surface area contributed by atoms with Crippen molar-refractivity contribution in [2.24, 2.45) is 5.41 Å². The Morgan fingerprint density at radius 2 is 1.39 bits per heavy atom. The van der Waals surface area contributed by atoms with Gasteiger partial charge in [0.1, 0.15) is 17.2 Å². The van der Waals surface area contributed by atoms with Crippen LogP contribution in [0.2, 0.25) is 0 Å². The molecule has 1 atom stereocenters. The van der Waals surface area contributed by atoms with Crippen LogP contribution in [0.3, 0.4) is 0 Å². The summed E-state index contributed by atoms with van der Waals surface area (Å²) < 4.78 is 16.2. The van der Waals surface area contributed by atoms with Crippen molar-refractivity contribution in [3.05, 3.63) is 17.7 Å². The summed E-state index contributed by atoms with van der Waals surface area (Å²) in [5.74, 6) is 2.26. The summed E-state index contributed by atoms with van der Waals surface area (Å²) in [4.78, 5) is 0.126. The van der Waals surface area contributed by atoms with Gasteiger partial charge in [-0.3, -0.25) is 0 Å². The van der Waals surface area contributed by atoms with Gasteiger partial charge in [0.2, 0.25) is 0 Å². The number of alkyl halides is 1. The highest BCUT2D eigenvalue weighted by molar-refractivity contribution is 9.09. The normalized spacial score (nSPS) is 13.1. The maximum absolute atomic E-state index is 5.46. The minimum absolute atomic E-state index is 0.0507. The molecule has 1 aromatic carbocycles. The summed E-state index contributed by atoms with van der Waals surface area (Å²) in [6.07, 6.45) is 0. The highest BCUT2D eigenvalue weighted by Gasteiger charge is 2.29. The lowest BCUT2D eigenvalue weighted by atomic mass is 9.87. The van der Waals surface area contributed by atoms with Gasteiger partial charge in [0.25, 0.3) is 0 Å². The van der Waals surface area contributed by atoms with Crippen LogP contribution in [0.5, 0.6) is 17.2 Å². The quantitative estimate of drug-likeness (QED) is 0.779. The number of ether oxygens (including phenoxy) is 3. The molecule has 0 aromatic heterocycles. The predicted octanol–water partition coefficient (Wildman–Crippen LogP) is 4.19. The van der Waals surface area contributed by atoms with Crippen LogP contribution in [-0.4, -0.2) is 21.3 Å². The van der Waals surface area contributed by atoms with Crippen LogP contribution in [0.25, 0.3) is 0 Å². The monoisotopic (exact) mass is 316 g/mol. The molecule has 0 N–H and O–H groups in total. The third kappa shape index (κ3) is 3.10. The van der Waals surface area contributed by atoms with Crippen LogP contribution in [0.1, 0.15) is 31.2 Å². The largest absolute Gasteiger partial charge is 0.496 e. The molecule has 0 heterocycles. The SMILES string of the molecule is COc1cc(OC)c(C(Br)C(C)(C)C)c(OC)c1. The van der Waals surface area contributed by atoms with E-state index in [4.69, 9.17) is 14.2 Å². The molecule has 4 heteroatoms. The van der Waals surface area contributed by atoms with Crippen LogP contribution in [0, 0.1) is 5.41 Å². The molecule has 1 aromatic rings. The van der Waals surface area contributed by atoms with Crippen LogP contribution in [-0.2, 0) is 0 Å². The fourth-order valence-corrected chi connectivity index (χ4v) is 2.17. The van der Waals surface area contributed by atoms with Crippen molar-refractivity contribution in [2.75, 3.05) is 21.3 Å². The number of hydrogen-bond donors (Lipinski definition) is 0. The average Bonchev–Trinajstić information content (AvgIpc) is 2.34. The maximum Gasteiger partial charge on any atom is 0.130 e. The zero-order valence-corrected chi connectivity index (χ0v) is 13.4. The first-order valence-electron chi connectivity index (χ1n) is 5.79. The van der Waals surface area contributed by atoms with Gasteiger partial charge < -0.3 is 14.2 Å². The Bertz CT molecular complexity index is 385. The van der Waals surface area contributed by atoms with Crippen LogP contribution < -0.4 is 14.2 Å². The summed E-state index contributed by atoms with van der Waals surface area (Å²) in [6.45, 7) is 6.49. The van der Waals surface area contributed by atoms with E-state index in [-0.39, 0.29) is 10.2 Å². The van der Waals surface area contributed by atoms with Crippen molar-refractivity contribution < 1.29 is 14.2 Å². The van der Waals surface area contributed by atoms with Crippen molar-refractivity contribution >= 4 is 15.9 Å². The summed E-state index contributed by atoms with van der Waals surface area (Å²) >= 11 is 3.74. The van der Waals surface area contributed by atoms with E-state index < -0.39 is 0 Å². The van der Waals surface area contributed by atoms with Gasteiger partial charge in [-0.25, -0.2) is 0 Å². The Labute approximate surface area is 118 Å². The van der Waals surface area contributed by atoms with Crippen molar-refractivity contribution in [3.63, 3.8) is 0 Å². The van der Waals surface area contributed by atoms with Gasteiger partial charge in [-0.05, 0) is 5.41 Å². The lowest BCUT2D eigenvalue weighted by Gasteiger charge is -2.28. The smallest absolute Gasteiger partial charge is 0.130 e. The van der Waals surface area contributed by atoms with Gasteiger partial charge in [-0.2, -0.15) is 0 Å². The second kappa shape index (κ2) is 5.83. The first kappa shape index (κ1) is 15.2. The van der Waals surface area contributed by atoms with Crippen molar-refractivity contribution in [2.45, 2.75) is 25.6 Å². The molecular weight excluding hydrogens is 296 g/mol. The Morgan fingerprint density at radius 1 is 0.944 bits per heavy atom. The molecule has 0 saturated heterocycles. The lowest BCUT2D eigenvalue weighted by molar-refractivity contribution is 0.345. The number of benzene rings is 1. The third-order valence-electron chi connectivity index (χ3n) is 2.77. The highest BCUT2D eigenvalue weighted by Crippen LogP contribution is 2.49. The predicted molar refractivity (Wildman–Crippen MR) is 77.2 cm³/mol. The minimum Gasteiger partial charge on any atom is -0.496 e. The molecule has 102 valence electrons. The summed E-state index contributed by atoms with van der Waals surface area (Å²) in [7, 11) is 4.93. The zero-order chi connectivity index (χ0) is 13.9. The number of hydrogen-bond acceptors (Lipinski definition) is 3. The number of rotatable bonds is 4. The lowest BCUT2D eigenvalue weighted by Crippen LogP contribution is -2.14. The van der Waals surface area contributed by atoms with Gasteiger partial charge in [0.15, 0.2) is 0 Å². The topological polar surface area (TPSA) is 27.7 Å². The van der Waals surface area contributed by atoms with E-state index in [0.29, 0.717) is 0 Å². The fraction of sp³-hybridized carbons (Fsp3) is 0.571. The van der Waals surface area contributed by atoms with E-state index in [2.05, 4.69) is 36.7 Å². The molecule has 0 fully saturated rings. The van der Waals surface area contributed by atoms with E-state index in [1.54, 1.807) is 21.3 Å². The van der Waals surface area contributed by atoms with Crippen molar-refractivity contribution in [1.29, 1.82) is 0 Å². The van der Waals surface area contributed by atoms with Crippen molar-refractivity contribution in [3.8, 4) is 17.2 Å². The molecule has 1 rings (SSSR count). The average molecular weight is 317 g/mol. The van der Waals surface area contributed by atoms with E-state index in [1.165, 1.54) is 0 Å².